The van der Waals surface area contributed by atoms with Crippen LogP contribution in [-0.2, 0) is 13.6 Å². The van der Waals surface area contributed by atoms with Crippen molar-refractivity contribution in [1.82, 2.24) is 29.3 Å². The minimum atomic E-state index is -0.305. The van der Waals surface area contributed by atoms with Gasteiger partial charge in [0.25, 0.3) is 0 Å². The lowest BCUT2D eigenvalue weighted by molar-refractivity contribution is 0.738. The van der Waals surface area contributed by atoms with Crippen molar-refractivity contribution >= 4 is 22.9 Å². The van der Waals surface area contributed by atoms with Gasteiger partial charge in [0.05, 0.1) is 6.54 Å². The summed E-state index contributed by atoms with van der Waals surface area (Å²) in [5.74, 6) is 0.633. The summed E-state index contributed by atoms with van der Waals surface area (Å²) in [5, 5.41) is 5.12. The molecule has 0 unspecified atom stereocenters. The molecular weight excluding hydrogens is 348 g/mol. The van der Waals surface area contributed by atoms with E-state index in [9.17, 15) is 4.79 Å². The summed E-state index contributed by atoms with van der Waals surface area (Å²) in [6.45, 7) is 2.41. The number of thioether (sulfide) groups is 1. The molecule has 0 fully saturated rings. The molecule has 0 aliphatic rings. The zero-order chi connectivity index (χ0) is 18.3. The lowest BCUT2D eigenvalue weighted by Gasteiger charge is -2.07. The van der Waals surface area contributed by atoms with Crippen LogP contribution in [0.3, 0.4) is 0 Å². The minimum Gasteiger partial charge on any atom is -0.333 e. The highest BCUT2D eigenvalue weighted by Crippen LogP contribution is 2.25. The first-order chi connectivity index (χ1) is 12.6. The summed E-state index contributed by atoms with van der Waals surface area (Å²) in [7, 11) is 1.89. The van der Waals surface area contributed by atoms with Crippen LogP contribution < -0.4 is 5.69 Å². The second-order valence-corrected chi connectivity index (χ2v) is 6.85. The van der Waals surface area contributed by atoms with E-state index < -0.39 is 0 Å². The van der Waals surface area contributed by atoms with E-state index in [1.165, 1.54) is 11.8 Å². The van der Waals surface area contributed by atoms with Crippen molar-refractivity contribution < 1.29 is 0 Å². The summed E-state index contributed by atoms with van der Waals surface area (Å²) in [6.07, 6.45) is 1.90. The topological polar surface area (TPSA) is 81.4 Å². The Bertz CT molecular complexity index is 1120. The number of aromatic nitrogens is 6. The van der Waals surface area contributed by atoms with Gasteiger partial charge in [-0.3, -0.25) is 9.25 Å². The van der Waals surface area contributed by atoms with Gasteiger partial charge in [0.1, 0.15) is 16.2 Å². The Hall–Kier alpha value is -2.87. The largest absolute Gasteiger partial charge is 0.350 e. The van der Waals surface area contributed by atoms with Crippen LogP contribution in [0.25, 0.3) is 22.7 Å². The maximum atomic E-state index is 12.6. The second kappa shape index (κ2) is 6.45. The van der Waals surface area contributed by atoms with Crippen molar-refractivity contribution in [2.24, 2.45) is 7.05 Å². The highest BCUT2D eigenvalue weighted by molar-refractivity contribution is 7.98. The monoisotopic (exact) mass is 366 g/mol. The molecule has 4 aromatic rings. The van der Waals surface area contributed by atoms with E-state index in [2.05, 4.69) is 20.1 Å². The van der Waals surface area contributed by atoms with Crippen LogP contribution >= 0.6 is 11.8 Å². The first-order valence-electron chi connectivity index (χ1n) is 8.16. The van der Waals surface area contributed by atoms with E-state index in [4.69, 9.17) is 0 Å². The third kappa shape index (κ3) is 2.82. The van der Waals surface area contributed by atoms with E-state index in [1.807, 2.05) is 56.6 Å². The number of nitrogens with one attached hydrogen (secondary N) is 1. The van der Waals surface area contributed by atoms with Gasteiger partial charge in [-0.2, -0.15) is 10.1 Å². The maximum absolute atomic E-state index is 12.6. The van der Waals surface area contributed by atoms with Gasteiger partial charge in [0.15, 0.2) is 11.5 Å². The van der Waals surface area contributed by atoms with Crippen LogP contribution in [0.5, 0.6) is 0 Å². The molecule has 1 N–H and O–H groups in total. The summed E-state index contributed by atoms with van der Waals surface area (Å²) in [4.78, 5) is 24.8. The number of rotatable bonds is 4. The Labute approximate surface area is 154 Å². The lowest BCUT2D eigenvalue weighted by atomic mass is 10.2. The smallest absolute Gasteiger partial charge is 0.333 e. The molecule has 3 aromatic heterocycles. The molecule has 26 heavy (non-hydrogen) atoms. The highest BCUT2D eigenvalue weighted by Gasteiger charge is 2.17. The molecule has 4 rings (SSSR count). The Morgan fingerprint density at radius 2 is 1.96 bits per heavy atom. The van der Waals surface area contributed by atoms with Gasteiger partial charge in [0.2, 0.25) is 0 Å². The standard InChI is InChI=1S/C18H18N6OS/c1-11-9-13(22-23(11)2)15-19-14-16(20-15)24(18(25)21-17(14)26-3)10-12-7-5-4-6-8-12/h4-9H,10H2,1-3H3,(H,19,20). The zero-order valence-electron chi connectivity index (χ0n) is 14.7. The van der Waals surface area contributed by atoms with Gasteiger partial charge >= 0.3 is 5.69 Å². The van der Waals surface area contributed by atoms with Crippen molar-refractivity contribution in [2.45, 2.75) is 18.5 Å². The average Bonchev–Trinajstić information content (AvgIpc) is 3.22. The summed E-state index contributed by atoms with van der Waals surface area (Å²) in [5.41, 5.74) is 3.84. The first kappa shape index (κ1) is 16.6. The predicted molar refractivity (Wildman–Crippen MR) is 102 cm³/mol. The fourth-order valence-electron chi connectivity index (χ4n) is 2.86. The number of aryl methyl sites for hydroxylation is 2. The normalized spacial score (nSPS) is 11.3. The highest BCUT2D eigenvalue weighted by atomic mass is 32.2. The van der Waals surface area contributed by atoms with Crippen molar-refractivity contribution in [1.29, 1.82) is 0 Å². The van der Waals surface area contributed by atoms with Crippen molar-refractivity contribution in [2.75, 3.05) is 6.26 Å². The van der Waals surface area contributed by atoms with E-state index in [1.54, 1.807) is 9.25 Å². The molecule has 0 atom stereocenters. The van der Waals surface area contributed by atoms with Gasteiger partial charge < -0.3 is 4.98 Å². The number of imidazole rings is 1. The summed E-state index contributed by atoms with van der Waals surface area (Å²) >= 11 is 1.42. The van der Waals surface area contributed by atoms with Crippen molar-refractivity contribution in [3.8, 4) is 11.5 Å². The minimum absolute atomic E-state index is 0.305. The Morgan fingerprint density at radius 3 is 2.62 bits per heavy atom. The van der Waals surface area contributed by atoms with E-state index in [0.29, 0.717) is 23.0 Å². The van der Waals surface area contributed by atoms with Gasteiger partial charge in [0, 0.05) is 12.7 Å². The van der Waals surface area contributed by atoms with Gasteiger partial charge in [-0.25, -0.2) is 9.78 Å². The predicted octanol–water partition coefficient (Wildman–Crippen LogP) is 2.60. The van der Waals surface area contributed by atoms with Gasteiger partial charge in [-0.15, -0.1) is 11.8 Å². The number of H-pyrrole nitrogens is 1. The fraction of sp³-hybridized carbons (Fsp3) is 0.222. The molecule has 7 nitrogen and oxygen atoms in total. The van der Waals surface area contributed by atoms with E-state index in [0.717, 1.165) is 22.5 Å². The fourth-order valence-corrected chi connectivity index (χ4v) is 3.37. The average molecular weight is 366 g/mol. The lowest BCUT2D eigenvalue weighted by Crippen LogP contribution is -2.24. The number of benzene rings is 1. The van der Waals surface area contributed by atoms with Crippen LogP contribution in [0, 0.1) is 6.92 Å². The second-order valence-electron chi connectivity index (χ2n) is 6.05. The van der Waals surface area contributed by atoms with Crippen molar-refractivity contribution in [3.05, 3.63) is 58.1 Å². The SMILES string of the molecule is CSc1nc(=O)n(Cc2ccccc2)c2nc(-c3cc(C)n(C)n3)[nH]c12. The van der Waals surface area contributed by atoms with Crippen LogP contribution in [0.4, 0.5) is 0 Å². The molecule has 0 saturated heterocycles. The Morgan fingerprint density at radius 1 is 1.19 bits per heavy atom. The third-order valence-corrected chi connectivity index (χ3v) is 5.00. The quantitative estimate of drug-likeness (QED) is 0.443. The number of nitrogens with zero attached hydrogens (tertiary/aromatic N) is 5. The number of hydrogen-bond acceptors (Lipinski definition) is 5. The van der Waals surface area contributed by atoms with Crippen molar-refractivity contribution in [3.63, 3.8) is 0 Å². The molecule has 3 heterocycles. The molecule has 0 radical (unpaired) electrons. The van der Waals surface area contributed by atoms with Gasteiger partial charge in [-0.05, 0) is 24.8 Å². The number of fused-ring (bicyclic) bond motifs is 1. The van der Waals surface area contributed by atoms with Crippen LogP contribution in [-0.4, -0.2) is 35.6 Å². The summed E-state index contributed by atoms with van der Waals surface area (Å²) < 4.78 is 3.40. The van der Waals surface area contributed by atoms with Crippen LogP contribution in [0.2, 0.25) is 0 Å². The molecule has 132 valence electrons. The van der Waals surface area contributed by atoms with Gasteiger partial charge in [-0.1, -0.05) is 30.3 Å². The molecule has 0 saturated carbocycles. The zero-order valence-corrected chi connectivity index (χ0v) is 15.5. The van der Waals surface area contributed by atoms with E-state index in [-0.39, 0.29) is 5.69 Å². The Kier molecular flexibility index (Phi) is 4.12. The Balaban J connectivity index is 1.91. The molecule has 0 bridgehead atoms. The number of aromatic amines is 1. The van der Waals surface area contributed by atoms with Crippen LogP contribution in [0.1, 0.15) is 11.3 Å². The molecule has 1 aromatic carbocycles. The molecular formula is C18H18N6OS. The molecule has 0 spiro atoms. The number of hydrogen-bond donors (Lipinski definition) is 1. The van der Waals surface area contributed by atoms with E-state index >= 15 is 0 Å². The molecule has 0 aliphatic heterocycles. The first-order valence-corrected chi connectivity index (χ1v) is 9.39. The third-order valence-electron chi connectivity index (χ3n) is 4.32. The molecule has 0 amide bonds. The van der Waals surface area contributed by atoms with Crippen LogP contribution in [0.15, 0.2) is 46.2 Å². The molecule has 0 aliphatic carbocycles. The maximum Gasteiger partial charge on any atom is 0.350 e. The molecule has 8 heteroatoms. The summed E-state index contributed by atoms with van der Waals surface area (Å²) in [6, 6.07) is 11.8.